The molecule has 0 aliphatic carbocycles. The molecule has 0 saturated heterocycles. The van der Waals surface area contributed by atoms with Gasteiger partial charge >= 0.3 is 0 Å². The molecule has 18 heavy (non-hydrogen) atoms. The Morgan fingerprint density at radius 1 is 0.944 bits per heavy atom. The van der Waals surface area contributed by atoms with Crippen molar-refractivity contribution in [3.05, 3.63) is 65.2 Å². The Kier molecular flexibility index (Phi) is 3.03. The van der Waals surface area contributed by atoms with Crippen molar-refractivity contribution in [2.24, 2.45) is 0 Å². The van der Waals surface area contributed by atoms with Gasteiger partial charge in [0.1, 0.15) is 0 Å². The molecular weight excluding hydrogens is 222 g/mol. The van der Waals surface area contributed by atoms with Crippen LogP contribution >= 0.6 is 0 Å². The van der Waals surface area contributed by atoms with Gasteiger partial charge in [-0.25, -0.2) is 0 Å². The lowest BCUT2D eigenvalue weighted by molar-refractivity contribution is 0.282. The third-order valence-electron chi connectivity index (χ3n) is 3.61. The monoisotopic (exact) mass is 239 g/mol. The van der Waals surface area contributed by atoms with Gasteiger partial charge in [0, 0.05) is 18.8 Å². The second-order valence-corrected chi connectivity index (χ2v) is 4.76. The highest BCUT2D eigenvalue weighted by Gasteiger charge is 2.15. The fraction of sp³-hybridized carbons (Fsp3) is 0.250. The van der Waals surface area contributed by atoms with Crippen LogP contribution in [-0.4, -0.2) is 11.7 Å². The van der Waals surface area contributed by atoms with Crippen LogP contribution in [0, 0.1) is 0 Å². The highest BCUT2D eigenvalue weighted by molar-refractivity contribution is 5.50. The number of aliphatic hydroxyl groups excluding tert-OH is 1. The Balaban J connectivity index is 1.82. The van der Waals surface area contributed by atoms with Crippen LogP contribution in [0.5, 0.6) is 0 Å². The molecule has 1 aliphatic heterocycles. The van der Waals surface area contributed by atoms with Crippen molar-refractivity contribution in [3.8, 4) is 0 Å². The van der Waals surface area contributed by atoms with E-state index in [2.05, 4.69) is 41.3 Å². The topological polar surface area (TPSA) is 23.5 Å². The maximum atomic E-state index is 9.06. The fourth-order valence-electron chi connectivity index (χ4n) is 2.53. The average Bonchev–Trinajstić information content (AvgIpc) is 2.47. The summed E-state index contributed by atoms with van der Waals surface area (Å²) in [5, 5.41) is 9.06. The first-order valence-electron chi connectivity index (χ1n) is 6.38. The molecule has 0 saturated carbocycles. The fourth-order valence-corrected chi connectivity index (χ4v) is 2.53. The van der Waals surface area contributed by atoms with E-state index in [-0.39, 0.29) is 6.61 Å². The summed E-state index contributed by atoms with van der Waals surface area (Å²) in [6, 6.07) is 16.8. The van der Waals surface area contributed by atoms with E-state index >= 15 is 0 Å². The first kappa shape index (κ1) is 11.3. The van der Waals surface area contributed by atoms with E-state index in [1.54, 1.807) is 0 Å². The molecule has 2 aromatic carbocycles. The summed E-state index contributed by atoms with van der Waals surface area (Å²) in [7, 11) is 0. The lowest BCUT2D eigenvalue weighted by Crippen LogP contribution is -2.30. The Hall–Kier alpha value is -1.80. The molecule has 1 aliphatic rings. The van der Waals surface area contributed by atoms with Gasteiger partial charge in [0.05, 0.1) is 6.61 Å². The molecule has 1 N–H and O–H groups in total. The van der Waals surface area contributed by atoms with Gasteiger partial charge in [-0.2, -0.15) is 0 Å². The predicted octanol–water partition coefficient (Wildman–Crippen LogP) is 2.74. The lowest BCUT2D eigenvalue weighted by atomic mass is 9.99. The van der Waals surface area contributed by atoms with Gasteiger partial charge in [-0.3, -0.25) is 0 Å². The Bertz CT molecular complexity index is 533. The van der Waals surface area contributed by atoms with Crippen molar-refractivity contribution in [1.82, 2.24) is 0 Å². The summed E-state index contributed by atoms with van der Waals surface area (Å²) in [4.78, 5) is 2.39. The van der Waals surface area contributed by atoms with Crippen molar-refractivity contribution in [3.63, 3.8) is 0 Å². The average molecular weight is 239 g/mol. The maximum Gasteiger partial charge on any atom is 0.0681 e. The summed E-state index contributed by atoms with van der Waals surface area (Å²) in [5.74, 6) is 0. The van der Waals surface area contributed by atoms with Gasteiger partial charge in [0.15, 0.2) is 0 Å². The van der Waals surface area contributed by atoms with Crippen LogP contribution < -0.4 is 4.90 Å². The van der Waals surface area contributed by atoms with E-state index in [4.69, 9.17) is 5.11 Å². The zero-order valence-corrected chi connectivity index (χ0v) is 10.3. The highest BCUT2D eigenvalue weighted by atomic mass is 16.3. The van der Waals surface area contributed by atoms with Crippen LogP contribution in [0.2, 0.25) is 0 Å². The summed E-state index contributed by atoms with van der Waals surface area (Å²) < 4.78 is 0. The highest BCUT2D eigenvalue weighted by Crippen LogP contribution is 2.24. The minimum absolute atomic E-state index is 0.114. The molecule has 0 atom stereocenters. The minimum Gasteiger partial charge on any atom is -0.392 e. The number of fused-ring (bicyclic) bond motifs is 1. The molecule has 3 rings (SSSR count). The number of aliphatic hydroxyl groups is 1. The van der Waals surface area contributed by atoms with Crippen molar-refractivity contribution < 1.29 is 5.11 Å². The largest absolute Gasteiger partial charge is 0.392 e. The predicted molar refractivity (Wildman–Crippen MR) is 73.6 cm³/mol. The standard InChI is InChI=1S/C16H17NO/c18-12-13-5-7-16(8-6-13)17-10-9-14-3-1-2-4-15(14)11-17/h1-8,18H,9-12H2. The van der Waals surface area contributed by atoms with Crippen LogP contribution in [0.1, 0.15) is 16.7 Å². The molecule has 2 nitrogen and oxygen atoms in total. The number of nitrogens with zero attached hydrogens (tertiary/aromatic N) is 1. The number of benzene rings is 2. The number of anilines is 1. The second kappa shape index (κ2) is 4.83. The van der Waals surface area contributed by atoms with Gasteiger partial charge in [0.25, 0.3) is 0 Å². The number of hydrogen-bond acceptors (Lipinski definition) is 2. The smallest absolute Gasteiger partial charge is 0.0681 e. The molecule has 0 radical (unpaired) electrons. The van der Waals surface area contributed by atoms with Crippen molar-refractivity contribution >= 4 is 5.69 Å². The SMILES string of the molecule is OCc1ccc(N2CCc3ccccc3C2)cc1. The van der Waals surface area contributed by atoms with E-state index in [9.17, 15) is 0 Å². The first-order valence-corrected chi connectivity index (χ1v) is 6.38. The quantitative estimate of drug-likeness (QED) is 0.871. The van der Waals surface area contributed by atoms with Crippen LogP contribution in [0.15, 0.2) is 48.5 Å². The van der Waals surface area contributed by atoms with Crippen LogP contribution in [-0.2, 0) is 19.6 Å². The first-order chi connectivity index (χ1) is 8.86. The summed E-state index contributed by atoms with van der Waals surface area (Å²) in [6.07, 6.45) is 1.11. The van der Waals surface area contributed by atoms with Crippen LogP contribution in [0.4, 0.5) is 5.69 Å². The van der Waals surface area contributed by atoms with E-state index in [1.165, 1.54) is 16.8 Å². The van der Waals surface area contributed by atoms with Crippen LogP contribution in [0.25, 0.3) is 0 Å². The lowest BCUT2D eigenvalue weighted by Gasteiger charge is -2.30. The second-order valence-electron chi connectivity index (χ2n) is 4.76. The Labute approximate surface area is 107 Å². The molecule has 0 aromatic heterocycles. The Morgan fingerprint density at radius 3 is 2.39 bits per heavy atom. The summed E-state index contributed by atoms with van der Waals surface area (Å²) >= 11 is 0. The summed E-state index contributed by atoms with van der Waals surface area (Å²) in [5.41, 5.74) is 5.11. The molecule has 0 spiro atoms. The number of rotatable bonds is 2. The minimum atomic E-state index is 0.114. The molecule has 92 valence electrons. The normalized spacial score (nSPS) is 14.4. The zero-order valence-electron chi connectivity index (χ0n) is 10.3. The molecule has 1 heterocycles. The Morgan fingerprint density at radius 2 is 1.67 bits per heavy atom. The van der Waals surface area contributed by atoms with Gasteiger partial charge in [-0.1, -0.05) is 36.4 Å². The third kappa shape index (κ3) is 2.12. The van der Waals surface area contributed by atoms with Crippen molar-refractivity contribution in [2.45, 2.75) is 19.6 Å². The van der Waals surface area contributed by atoms with Gasteiger partial charge in [-0.05, 0) is 35.2 Å². The molecule has 0 amide bonds. The van der Waals surface area contributed by atoms with Crippen molar-refractivity contribution in [2.75, 3.05) is 11.4 Å². The summed E-state index contributed by atoms with van der Waals surface area (Å²) in [6.45, 7) is 2.16. The molecule has 0 unspecified atom stereocenters. The van der Waals surface area contributed by atoms with E-state index in [0.717, 1.165) is 25.1 Å². The van der Waals surface area contributed by atoms with Gasteiger partial charge in [-0.15, -0.1) is 0 Å². The van der Waals surface area contributed by atoms with E-state index in [1.807, 2.05) is 12.1 Å². The maximum absolute atomic E-state index is 9.06. The molecule has 0 fully saturated rings. The van der Waals surface area contributed by atoms with Gasteiger partial charge in [0.2, 0.25) is 0 Å². The molecule has 2 aromatic rings. The zero-order chi connectivity index (χ0) is 12.4. The van der Waals surface area contributed by atoms with Gasteiger partial charge < -0.3 is 10.0 Å². The van der Waals surface area contributed by atoms with Crippen molar-refractivity contribution in [1.29, 1.82) is 0 Å². The molecular formula is C16H17NO. The number of hydrogen-bond donors (Lipinski definition) is 1. The van der Waals surface area contributed by atoms with Crippen LogP contribution in [0.3, 0.4) is 0 Å². The third-order valence-corrected chi connectivity index (χ3v) is 3.61. The molecule has 2 heteroatoms. The van der Waals surface area contributed by atoms with E-state index < -0.39 is 0 Å². The molecule has 0 bridgehead atoms. The van der Waals surface area contributed by atoms with E-state index in [0.29, 0.717) is 0 Å².